The SMILES string of the molecule is CCCOC(=O)c1cccc(N2C(=O)C(=O)/C(=C(\O)c3cccc4ccccc34)C2c2ccccc2)c1. The molecule has 1 heterocycles. The Kier molecular flexibility index (Phi) is 6.56. The Labute approximate surface area is 214 Å². The zero-order valence-corrected chi connectivity index (χ0v) is 20.3. The van der Waals surface area contributed by atoms with Gasteiger partial charge in [-0.05, 0) is 41.0 Å². The summed E-state index contributed by atoms with van der Waals surface area (Å²) in [5.74, 6) is -2.33. The highest BCUT2D eigenvalue weighted by Crippen LogP contribution is 2.43. The normalized spacial score (nSPS) is 16.8. The maximum Gasteiger partial charge on any atom is 0.338 e. The first-order valence-corrected chi connectivity index (χ1v) is 12.1. The van der Waals surface area contributed by atoms with Crippen molar-refractivity contribution in [3.8, 4) is 0 Å². The van der Waals surface area contributed by atoms with Crippen molar-refractivity contribution in [2.24, 2.45) is 0 Å². The van der Waals surface area contributed by atoms with E-state index >= 15 is 0 Å². The molecular formula is C31H25NO5. The average molecular weight is 492 g/mol. The first-order valence-electron chi connectivity index (χ1n) is 12.1. The van der Waals surface area contributed by atoms with Gasteiger partial charge < -0.3 is 9.84 Å². The third kappa shape index (κ3) is 4.38. The maximum absolute atomic E-state index is 13.5. The van der Waals surface area contributed by atoms with E-state index in [0.717, 1.165) is 10.8 Å². The van der Waals surface area contributed by atoms with Crippen LogP contribution in [0.1, 0.15) is 40.9 Å². The predicted octanol–water partition coefficient (Wildman–Crippen LogP) is 6.03. The number of ketones is 1. The molecule has 1 aliphatic heterocycles. The number of fused-ring (bicyclic) bond motifs is 1. The number of aliphatic hydroxyl groups excluding tert-OH is 1. The molecule has 4 aromatic carbocycles. The standard InChI is InChI=1S/C31H25NO5/c1-2-18-37-31(36)22-14-8-15-23(19-22)32-27(21-11-4-3-5-12-21)26(29(34)30(32)35)28(33)25-17-9-13-20-10-6-7-16-24(20)25/h3-17,19,27,33H,2,18H2,1H3/b28-26-. The Morgan fingerprint density at radius 2 is 1.59 bits per heavy atom. The largest absolute Gasteiger partial charge is 0.507 e. The number of aliphatic hydroxyl groups is 1. The molecule has 5 rings (SSSR count). The predicted molar refractivity (Wildman–Crippen MR) is 142 cm³/mol. The van der Waals surface area contributed by atoms with E-state index < -0.39 is 23.7 Å². The van der Waals surface area contributed by atoms with E-state index in [1.54, 1.807) is 42.5 Å². The first-order chi connectivity index (χ1) is 18.0. The zero-order valence-electron chi connectivity index (χ0n) is 20.3. The highest BCUT2D eigenvalue weighted by atomic mass is 16.5. The zero-order chi connectivity index (χ0) is 25.9. The molecule has 4 aromatic rings. The summed E-state index contributed by atoms with van der Waals surface area (Å²) in [5, 5.41) is 13.2. The van der Waals surface area contributed by atoms with E-state index in [1.165, 1.54) is 11.0 Å². The number of benzene rings is 4. The van der Waals surface area contributed by atoms with Crippen LogP contribution in [0.15, 0.2) is 103 Å². The van der Waals surface area contributed by atoms with Gasteiger partial charge in [-0.15, -0.1) is 0 Å². The van der Waals surface area contributed by atoms with Gasteiger partial charge in [-0.25, -0.2) is 4.79 Å². The van der Waals surface area contributed by atoms with Gasteiger partial charge in [0.15, 0.2) is 0 Å². The van der Waals surface area contributed by atoms with Gasteiger partial charge in [0.25, 0.3) is 11.7 Å². The molecule has 0 aliphatic carbocycles. The van der Waals surface area contributed by atoms with Crippen molar-refractivity contribution in [2.45, 2.75) is 19.4 Å². The van der Waals surface area contributed by atoms with E-state index in [4.69, 9.17) is 4.74 Å². The molecule has 1 amide bonds. The number of carbonyl (C=O) groups is 3. The molecule has 6 nitrogen and oxygen atoms in total. The lowest BCUT2D eigenvalue weighted by molar-refractivity contribution is -0.132. The van der Waals surface area contributed by atoms with Crippen LogP contribution in [0, 0.1) is 0 Å². The second-order valence-corrected chi connectivity index (χ2v) is 8.79. The summed E-state index contributed by atoms with van der Waals surface area (Å²) in [6, 6.07) is 27.6. The van der Waals surface area contributed by atoms with E-state index in [2.05, 4.69) is 0 Å². The van der Waals surface area contributed by atoms with Crippen LogP contribution in [-0.2, 0) is 14.3 Å². The maximum atomic E-state index is 13.5. The molecule has 1 aliphatic rings. The highest BCUT2D eigenvalue weighted by Gasteiger charge is 2.47. The van der Waals surface area contributed by atoms with Crippen molar-refractivity contribution in [2.75, 3.05) is 11.5 Å². The van der Waals surface area contributed by atoms with Crippen LogP contribution in [0.5, 0.6) is 0 Å². The van der Waals surface area contributed by atoms with Crippen molar-refractivity contribution >= 4 is 39.9 Å². The van der Waals surface area contributed by atoms with Crippen LogP contribution in [-0.4, -0.2) is 29.4 Å². The fourth-order valence-corrected chi connectivity index (χ4v) is 4.69. The third-order valence-corrected chi connectivity index (χ3v) is 6.40. The van der Waals surface area contributed by atoms with Gasteiger partial charge in [-0.3, -0.25) is 14.5 Å². The summed E-state index contributed by atoms with van der Waals surface area (Å²) in [6.07, 6.45) is 0.683. The molecule has 0 saturated carbocycles. The second kappa shape index (κ2) is 10.1. The molecule has 0 spiro atoms. The van der Waals surface area contributed by atoms with E-state index in [1.807, 2.05) is 55.5 Å². The summed E-state index contributed by atoms with van der Waals surface area (Å²) in [5.41, 5.74) is 1.75. The number of amides is 1. The number of rotatable bonds is 6. The summed E-state index contributed by atoms with van der Waals surface area (Å²) < 4.78 is 5.25. The Morgan fingerprint density at radius 3 is 2.38 bits per heavy atom. The number of esters is 1. The number of ether oxygens (including phenoxy) is 1. The van der Waals surface area contributed by atoms with Crippen molar-refractivity contribution in [1.29, 1.82) is 0 Å². The Balaban J connectivity index is 1.69. The van der Waals surface area contributed by atoms with Crippen molar-refractivity contribution in [3.63, 3.8) is 0 Å². The first kappa shape index (κ1) is 24.0. The molecule has 1 unspecified atom stereocenters. The van der Waals surface area contributed by atoms with Crippen LogP contribution in [0.4, 0.5) is 5.69 Å². The molecular weight excluding hydrogens is 466 g/mol. The molecule has 0 radical (unpaired) electrons. The van der Waals surface area contributed by atoms with Crippen molar-refractivity contribution in [1.82, 2.24) is 0 Å². The van der Waals surface area contributed by atoms with Crippen LogP contribution in [0.3, 0.4) is 0 Å². The molecule has 1 fully saturated rings. The lowest BCUT2D eigenvalue weighted by atomic mass is 9.93. The van der Waals surface area contributed by atoms with Gasteiger partial charge in [0, 0.05) is 11.3 Å². The Morgan fingerprint density at radius 1 is 0.892 bits per heavy atom. The Hall–Kier alpha value is -4.71. The molecule has 1 atom stereocenters. The van der Waals surface area contributed by atoms with Crippen LogP contribution >= 0.6 is 0 Å². The smallest absolute Gasteiger partial charge is 0.338 e. The molecule has 0 aromatic heterocycles. The number of hydrogen-bond donors (Lipinski definition) is 1. The number of Topliss-reactive ketones (excluding diaryl/α,β-unsaturated/α-hetero) is 1. The van der Waals surface area contributed by atoms with Crippen molar-refractivity contribution in [3.05, 3.63) is 119 Å². The molecule has 1 N–H and O–H groups in total. The second-order valence-electron chi connectivity index (χ2n) is 8.79. The Bertz CT molecular complexity index is 1530. The number of anilines is 1. The van der Waals surface area contributed by atoms with E-state index in [0.29, 0.717) is 23.2 Å². The minimum absolute atomic E-state index is 0.00786. The quantitative estimate of drug-likeness (QED) is 0.154. The number of nitrogens with zero attached hydrogens (tertiary/aromatic N) is 1. The van der Waals surface area contributed by atoms with Gasteiger partial charge >= 0.3 is 5.97 Å². The molecule has 37 heavy (non-hydrogen) atoms. The minimum atomic E-state index is -0.887. The monoisotopic (exact) mass is 491 g/mol. The summed E-state index contributed by atoms with van der Waals surface area (Å²) in [4.78, 5) is 40.8. The molecule has 1 saturated heterocycles. The summed E-state index contributed by atoms with van der Waals surface area (Å²) in [7, 11) is 0. The molecule has 0 bridgehead atoms. The average Bonchev–Trinajstić information content (AvgIpc) is 3.21. The van der Waals surface area contributed by atoms with Gasteiger partial charge in [-0.2, -0.15) is 0 Å². The lowest BCUT2D eigenvalue weighted by Gasteiger charge is -2.26. The molecule has 6 heteroatoms. The van der Waals surface area contributed by atoms with Crippen molar-refractivity contribution < 1.29 is 24.2 Å². The van der Waals surface area contributed by atoms with Crippen LogP contribution in [0.25, 0.3) is 16.5 Å². The van der Waals surface area contributed by atoms with E-state index in [-0.39, 0.29) is 23.5 Å². The number of hydrogen-bond acceptors (Lipinski definition) is 5. The summed E-state index contributed by atoms with van der Waals surface area (Å²) >= 11 is 0. The van der Waals surface area contributed by atoms with Crippen LogP contribution in [0.2, 0.25) is 0 Å². The van der Waals surface area contributed by atoms with Gasteiger partial charge in [0.05, 0.1) is 23.8 Å². The number of carbonyl (C=O) groups excluding carboxylic acids is 3. The highest BCUT2D eigenvalue weighted by molar-refractivity contribution is 6.51. The lowest BCUT2D eigenvalue weighted by Crippen LogP contribution is -2.29. The summed E-state index contributed by atoms with van der Waals surface area (Å²) in [6.45, 7) is 2.18. The fourth-order valence-electron chi connectivity index (χ4n) is 4.69. The third-order valence-electron chi connectivity index (χ3n) is 6.40. The minimum Gasteiger partial charge on any atom is -0.507 e. The fraction of sp³-hybridized carbons (Fsp3) is 0.129. The van der Waals surface area contributed by atoms with Gasteiger partial charge in [0.2, 0.25) is 0 Å². The van der Waals surface area contributed by atoms with Crippen LogP contribution < -0.4 is 4.90 Å². The van der Waals surface area contributed by atoms with Gasteiger partial charge in [-0.1, -0.05) is 85.8 Å². The van der Waals surface area contributed by atoms with E-state index in [9.17, 15) is 19.5 Å². The topological polar surface area (TPSA) is 83.9 Å². The van der Waals surface area contributed by atoms with Gasteiger partial charge in [0.1, 0.15) is 5.76 Å². The molecule has 184 valence electrons.